The molecule has 0 aliphatic carbocycles. The summed E-state index contributed by atoms with van der Waals surface area (Å²) in [7, 11) is 0. The Bertz CT molecular complexity index is 1400. The zero-order valence-corrected chi connectivity index (χ0v) is 13.6. The van der Waals surface area contributed by atoms with Gasteiger partial charge in [-0.2, -0.15) is 0 Å². The van der Waals surface area contributed by atoms with Crippen molar-refractivity contribution >= 4 is 55.4 Å². The maximum atomic E-state index is 6.40. The first kappa shape index (κ1) is 12.7. The maximum absolute atomic E-state index is 6.40. The Kier molecular flexibility index (Phi) is 2.00. The Balaban J connectivity index is 2.20. The van der Waals surface area contributed by atoms with E-state index in [0.717, 1.165) is 55.4 Å². The molecule has 0 saturated carbocycles. The molecule has 0 aliphatic rings. The highest BCUT2D eigenvalue weighted by Gasteiger charge is 2.29. The molecular formula is C22H12N2O2+2. The Morgan fingerprint density at radius 3 is 1.54 bits per heavy atom. The normalized spacial score (nSPS) is 12.6. The van der Waals surface area contributed by atoms with E-state index in [1.807, 2.05) is 48.5 Å². The van der Waals surface area contributed by atoms with Gasteiger partial charge >= 0.3 is 11.4 Å². The van der Waals surface area contributed by atoms with Crippen LogP contribution in [0.2, 0.25) is 0 Å². The van der Waals surface area contributed by atoms with Gasteiger partial charge in [0, 0.05) is 12.1 Å². The minimum absolute atomic E-state index is 0.781. The molecule has 0 radical (unpaired) electrons. The van der Waals surface area contributed by atoms with Gasteiger partial charge in [-0.15, -0.1) is 8.80 Å². The van der Waals surface area contributed by atoms with Gasteiger partial charge < -0.3 is 8.83 Å². The Labute approximate surface area is 146 Å². The van der Waals surface area contributed by atoms with Gasteiger partial charge in [-0.25, -0.2) is 0 Å². The molecule has 7 aromatic heterocycles. The molecule has 2 aromatic carbocycles. The van der Waals surface area contributed by atoms with Crippen LogP contribution in [0.4, 0.5) is 0 Å². The summed E-state index contributed by atoms with van der Waals surface area (Å²) in [5, 5.41) is 2.26. The van der Waals surface area contributed by atoms with Crippen molar-refractivity contribution in [2.45, 2.75) is 0 Å². The first-order valence-corrected chi connectivity index (χ1v) is 8.63. The van der Waals surface area contributed by atoms with E-state index in [1.165, 1.54) is 0 Å². The lowest BCUT2D eigenvalue weighted by atomic mass is 10.1. The second-order valence-corrected chi connectivity index (χ2v) is 6.68. The molecular weight excluding hydrogens is 324 g/mol. The Hall–Kier alpha value is -3.66. The van der Waals surface area contributed by atoms with Gasteiger partial charge in [0.1, 0.15) is 10.8 Å². The number of pyridine rings is 2. The smallest absolute Gasteiger partial charge is 0.384 e. The minimum atomic E-state index is 0.781. The molecule has 7 heterocycles. The highest BCUT2D eigenvalue weighted by atomic mass is 16.4. The lowest BCUT2D eigenvalue weighted by Gasteiger charge is -2.07. The molecule has 0 unspecified atom stereocenters. The van der Waals surface area contributed by atoms with Crippen molar-refractivity contribution in [2.24, 2.45) is 0 Å². The molecule has 9 aromatic rings. The van der Waals surface area contributed by atoms with Crippen molar-refractivity contribution in [2.75, 3.05) is 0 Å². The Morgan fingerprint density at radius 2 is 1.00 bits per heavy atom. The number of aromatic nitrogens is 2. The van der Waals surface area contributed by atoms with Crippen LogP contribution in [0.3, 0.4) is 0 Å². The molecule has 0 N–H and O–H groups in total. The molecule has 0 spiro atoms. The Morgan fingerprint density at radius 1 is 0.500 bits per heavy atom. The van der Waals surface area contributed by atoms with E-state index in [9.17, 15) is 0 Å². The standard InChI is InChI=1S/C22H12N2O2/c1-5-13-15-7-3-11-19-23(15)22-14-6-2-10-18(22)25-17(9-1)21(13)24-16(14)8-4-12-20(24)26-19/h1-12H/q+2. The molecule has 0 fully saturated rings. The number of para-hydroxylation sites is 2. The molecule has 0 atom stereocenters. The van der Waals surface area contributed by atoms with Gasteiger partial charge in [-0.05, 0) is 36.4 Å². The molecule has 4 nitrogen and oxygen atoms in total. The van der Waals surface area contributed by atoms with Crippen molar-refractivity contribution < 1.29 is 17.6 Å². The van der Waals surface area contributed by atoms with Crippen molar-refractivity contribution in [1.82, 2.24) is 0 Å². The van der Waals surface area contributed by atoms with Gasteiger partial charge in [-0.3, -0.25) is 0 Å². The fraction of sp³-hybridized carbons (Fsp3) is 0. The van der Waals surface area contributed by atoms with Gasteiger partial charge in [-0.1, -0.05) is 12.1 Å². The van der Waals surface area contributed by atoms with Crippen LogP contribution in [-0.4, -0.2) is 0 Å². The summed E-state index contributed by atoms with van der Waals surface area (Å²) in [5.41, 5.74) is 7.46. The lowest BCUT2D eigenvalue weighted by molar-refractivity contribution is -0.481. The fourth-order valence-electron chi connectivity index (χ4n) is 4.33. The highest BCUT2D eigenvalue weighted by Crippen LogP contribution is 2.29. The SMILES string of the molecule is c1cc2oc3cccc4c5cccc6oc7cccc(c(c1)c2[n+]65)[n+]7c34. The average molecular weight is 336 g/mol. The van der Waals surface area contributed by atoms with Crippen LogP contribution in [-0.2, 0) is 0 Å². The number of hydrogen-bond acceptors (Lipinski definition) is 2. The third-order valence-corrected chi connectivity index (χ3v) is 5.33. The van der Waals surface area contributed by atoms with Crippen LogP contribution < -0.4 is 8.80 Å². The van der Waals surface area contributed by atoms with Gasteiger partial charge in [0.2, 0.25) is 22.2 Å². The van der Waals surface area contributed by atoms with E-state index in [2.05, 4.69) is 33.1 Å². The van der Waals surface area contributed by atoms with E-state index >= 15 is 0 Å². The van der Waals surface area contributed by atoms with E-state index < -0.39 is 0 Å². The van der Waals surface area contributed by atoms with Gasteiger partial charge in [0.25, 0.3) is 11.0 Å². The highest BCUT2D eigenvalue weighted by molar-refractivity contribution is 6.04. The number of benzene rings is 2. The van der Waals surface area contributed by atoms with Crippen molar-refractivity contribution in [1.29, 1.82) is 0 Å². The van der Waals surface area contributed by atoms with Crippen LogP contribution in [0.5, 0.6) is 0 Å². The summed E-state index contributed by atoms with van der Waals surface area (Å²) in [6.07, 6.45) is 0. The van der Waals surface area contributed by atoms with Crippen LogP contribution in [0.25, 0.3) is 55.4 Å². The van der Waals surface area contributed by atoms with Crippen molar-refractivity contribution in [3.8, 4) is 0 Å². The number of rotatable bonds is 0. The topological polar surface area (TPSA) is 34.5 Å². The molecule has 12 bridgehead atoms. The molecule has 0 amide bonds. The van der Waals surface area contributed by atoms with E-state index in [1.54, 1.807) is 0 Å². The zero-order chi connectivity index (χ0) is 16.8. The monoisotopic (exact) mass is 336 g/mol. The summed E-state index contributed by atoms with van der Waals surface area (Å²) in [4.78, 5) is 0. The molecule has 26 heavy (non-hydrogen) atoms. The zero-order valence-electron chi connectivity index (χ0n) is 13.6. The van der Waals surface area contributed by atoms with Gasteiger partial charge in [0.15, 0.2) is 0 Å². The number of hydrogen-bond donors (Lipinski definition) is 0. The second-order valence-electron chi connectivity index (χ2n) is 6.68. The predicted octanol–water partition coefficient (Wildman–Crippen LogP) is 4.40. The third kappa shape index (κ3) is 1.31. The molecule has 4 heteroatoms. The summed E-state index contributed by atoms with van der Waals surface area (Å²) < 4.78 is 17.1. The molecule has 0 saturated heterocycles. The van der Waals surface area contributed by atoms with E-state index in [0.29, 0.717) is 0 Å². The maximum Gasteiger partial charge on any atom is 0.384 e. The fourth-order valence-corrected chi connectivity index (χ4v) is 4.33. The molecule has 9 rings (SSSR count). The summed E-state index contributed by atoms with van der Waals surface area (Å²) in [5.74, 6) is 0. The second kappa shape index (κ2) is 4.11. The first-order valence-electron chi connectivity index (χ1n) is 8.63. The van der Waals surface area contributed by atoms with Crippen LogP contribution in [0.1, 0.15) is 0 Å². The summed E-state index contributed by atoms with van der Waals surface area (Å²) >= 11 is 0. The summed E-state index contributed by atoms with van der Waals surface area (Å²) in [6.45, 7) is 0. The van der Waals surface area contributed by atoms with Crippen molar-refractivity contribution in [3.63, 3.8) is 0 Å². The van der Waals surface area contributed by atoms with Gasteiger partial charge in [0.05, 0.1) is 12.1 Å². The van der Waals surface area contributed by atoms with Crippen LogP contribution in [0.15, 0.2) is 81.6 Å². The first-order chi connectivity index (χ1) is 12.9. The lowest BCUT2D eigenvalue weighted by Crippen LogP contribution is -2.31. The van der Waals surface area contributed by atoms with Crippen molar-refractivity contribution in [3.05, 3.63) is 72.8 Å². The largest absolute Gasteiger partial charge is 0.443 e. The summed E-state index contributed by atoms with van der Waals surface area (Å²) in [6, 6.07) is 24.8. The van der Waals surface area contributed by atoms with Crippen LogP contribution >= 0.6 is 0 Å². The quantitative estimate of drug-likeness (QED) is 0.385. The third-order valence-electron chi connectivity index (χ3n) is 5.33. The average Bonchev–Trinajstić information content (AvgIpc) is 2.66. The minimum Gasteiger partial charge on any atom is -0.443 e. The predicted molar refractivity (Wildman–Crippen MR) is 98.5 cm³/mol. The van der Waals surface area contributed by atoms with E-state index in [-0.39, 0.29) is 0 Å². The molecule has 120 valence electrons. The van der Waals surface area contributed by atoms with Crippen LogP contribution in [0, 0.1) is 0 Å². The van der Waals surface area contributed by atoms with E-state index in [4.69, 9.17) is 8.83 Å². The number of nitrogens with zero attached hydrogens (tertiary/aromatic N) is 2. The molecule has 0 aliphatic heterocycles.